The van der Waals surface area contributed by atoms with Crippen LogP contribution in [0.1, 0.15) is 30.0 Å². The summed E-state index contributed by atoms with van der Waals surface area (Å²) >= 11 is 0. The van der Waals surface area contributed by atoms with E-state index in [9.17, 15) is 18.7 Å². The van der Waals surface area contributed by atoms with E-state index in [0.29, 0.717) is 17.0 Å². The summed E-state index contributed by atoms with van der Waals surface area (Å²) in [4.78, 5) is 19.1. The summed E-state index contributed by atoms with van der Waals surface area (Å²) in [5.41, 5.74) is 0.678. The third-order valence-electron chi connectivity index (χ3n) is 4.18. The molecule has 0 amide bonds. The summed E-state index contributed by atoms with van der Waals surface area (Å²) in [6, 6.07) is 3.94. The number of halogens is 2. The normalized spacial score (nSPS) is 16.2. The van der Waals surface area contributed by atoms with Crippen LogP contribution in [-0.2, 0) is 6.61 Å². The second-order valence-electron chi connectivity index (χ2n) is 5.95. The van der Waals surface area contributed by atoms with Crippen molar-refractivity contribution in [3.05, 3.63) is 45.6 Å². The average molecular weight is 364 g/mol. The van der Waals surface area contributed by atoms with Gasteiger partial charge in [0, 0.05) is 0 Å². The smallest absolute Gasteiger partial charge is 0.395 e. The molecule has 136 valence electrons. The lowest BCUT2D eigenvalue weighted by Gasteiger charge is -2.14. The van der Waals surface area contributed by atoms with Crippen molar-refractivity contribution in [3.8, 4) is 11.5 Å². The van der Waals surface area contributed by atoms with E-state index in [1.807, 2.05) is 0 Å². The molecule has 3 aromatic rings. The first-order valence-corrected chi connectivity index (χ1v) is 7.78. The first-order valence-electron chi connectivity index (χ1n) is 7.78. The van der Waals surface area contributed by atoms with Crippen molar-refractivity contribution >= 4 is 11.0 Å². The van der Waals surface area contributed by atoms with E-state index < -0.39 is 24.5 Å². The molecule has 0 fully saturated rings. The molecule has 0 spiro atoms. The van der Waals surface area contributed by atoms with Crippen molar-refractivity contribution in [3.63, 3.8) is 0 Å². The van der Waals surface area contributed by atoms with Crippen LogP contribution >= 0.6 is 0 Å². The minimum atomic E-state index is -3.70. The lowest BCUT2D eigenvalue weighted by Crippen LogP contribution is -2.25. The van der Waals surface area contributed by atoms with E-state index in [0.717, 1.165) is 0 Å². The van der Waals surface area contributed by atoms with E-state index in [1.54, 1.807) is 19.9 Å². The molecule has 2 N–H and O–H groups in total. The molecular formula is C16H14F2N4O4. The maximum atomic E-state index is 13.2. The molecule has 1 aliphatic heterocycles. The predicted octanol–water partition coefficient (Wildman–Crippen LogP) is 1.85. The van der Waals surface area contributed by atoms with Gasteiger partial charge in [-0.05, 0) is 31.5 Å². The molecule has 4 rings (SSSR count). The Labute approximate surface area is 145 Å². The highest BCUT2D eigenvalue weighted by atomic mass is 19.3. The van der Waals surface area contributed by atoms with Crippen LogP contribution in [0.2, 0.25) is 0 Å². The van der Waals surface area contributed by atoms with Gasteiger partial charge in [0.05, 0.1) is 12.6 Å². The van der Waals surface area contributed by atoms with Gasteiger partial charge in [0.2, 0.25) is 0 Å². The monoisotopic (exact) mass is 364 g/mol. The zero-order valence-electron chi connectivity index (χ0n) is 13.8. The first-order chi connectivity index (χ1) is 12.3. The predicted molar refractivity (Wildman–Crippen MR) is 85.3 cm³/mol. The van der Waals surface area contributed by atoms with Crippen LogP contribution in [0.15, 0.2) is 23.0 Å². The fourth-order valence-corrected chi connectivity index (χ4v) is 2.97. The van der Waals surface area contributed by atoms with Crippen LogP contribution in [0, 0.1) is 6.92 Å². The molecule has 10 heteroatoms. The number of nitrogens with zero attached hydrogens (tertiary/aromatic N) is 3. The van der Waals surface area contributed by atoms with Crippen molar-refractivity contribution in [1.29, 1.82) is 0 Å². The summed E-state index contributed by atoms with van der Waals surface area (Å²) in [6.45, 7) is 2.96. The molecule has 8 nitrogen and oxygen atoms in total. The zero-order valence-corrected chi connectivity index (χ0v) is 13.8. The average Bonchev–Trinajstić information content (AvgIpc) is 3.08. The Balaban J connectivity index is 1.83. The third-order valence-corrected chi connectivity index (χ3v) is 4.18. The van der Waals surface area contributed by atoms with Crippen LogP contribution in [0.4, 0.5) is 8.78 Å². The molecule has 0 radical (unpaired) electrons. The molecule has 1 aliphatic rings. The molecule has 0 saturated heterocycles. The fraction of sp³-hybridized carbons (Fsp3) is 0.312. The number of alkyl halides is 2. The molecule has 0 bridgehead atoms. The number of hydrogen-bond donors (Lipinski definition) is 2. The van der Waals surface area contributed by atoms with Gasteiger partial charge in [-0.25, -0.2) is 9.67 Å². The Kier molecular flexibility index (Phi) is 3.48. The van der Waals surface area contributed by atoms with Gasteiger partial charge in [-0.2, -0.15) is 5.10 Å². The number of ether oxygens (including phenoxy) is 2. The fourth-order valence-electron chi connectivity index (χ4n) is 2.97. The second kappa shape index (κ2) is 5.49. The number of H-pyrrole nitrogens is 1. The number of aryl methyl sites for hydroxylation is 1. The van der Waals surface area contributed by atoms with Gasteiger partial charge in [0.25, 0.3) is 5.56 Å². The number of nitrogens with one attached hydrogen (secondary N) is 1. The van der Waals surface area contributed by atoms with Crippen molar-refractivity contribution in [2.45, 2.75) is 32.8 Å². The van der Waals surface area contributed by atoms with E-state index in [2.05, 4.69) is 24.5 Å². The maximum Gasteiger partial charge on any atom is 0.586 e. The minimum absolute atomic E-state index is 0.0577. The number of aromatic amines is 1. The molecule has 1 atom stereocenters. The summed E-state index contributed by atoms with van der Waals surface area (Å²) < 4.78 is 36.7. The van der Waals surface area contributed by atoms with Gasteiger partial charge in [0.15, 0.2) is 17.1 Å². The number of aromatic nitrogens is 4. The molecule has 3 heterocycles. The summed E-state index contributed by atoms with van der Waals surface area (Å²) in [5, 5.41) is 14.0. The van der Waals surface area contributed by atoms with Crippen molar-refractivity contribution in [2.75, 3.05) is 0 Å². The van der Waals surface area contributed by atoms with Gasteiger partial charge in [-0.15, -0.1) is 8.78 Å². The number of fused-ring (bicyclic) bond motifs is 2. The molecular weight excluding hydrogens is 350 g/mol. The Morgan fingerprint density at radius 1 is 1.35 bits per heavy atom. The molecule has 0 aliphatic carbocycles. The van der Waals surface area contributed by atoms with E-state index in [1.165, 1.54) is 16.8 Å². The third kappa shape index (κ3) is 2.49. The van der Waals surface area contributed by atoms with Crippen molar-refractivity contribution < 1.29 is 23.4 Å². The second-order valence-corrected chi connectivity index (χ2v) is 5.95. The summed E-state index contributed by atoms with van der Waals surface area (Å²) in [7, 11) is 0. The molecule has 0 unspecified atom stereocenters. The number of rotatable bonds is 3. The zero-order chi connectivity index (χ0) is 18.6. The summed E-state index contributed by atoms with van der Waals surface area (Å²) in [5.74, 6) is 0.253. The SMILES string of the molecule is Cc1nc2c(c(CO)nn2[C@@H](C)c2ccc3c(c2)OC(F)(F)O3)c(=O)[nH]1. The Morgan fingerprint density at radius 3 is 2.81 bits per heavy atom. The first kappa shape index (κ1) is 16.5. The maximum absolute atomic E-state index is 13.2. The van der Waals surface area contributed by atoms with Crippen LogP contribution in [0.25, 0.3) is 11.0 Å². The number of aliphatic hydroxyl groups excluding tert-OH is 1. The highest BCUT2D eigenvalue weighted by Gasteiger charge is 2.43. The topological polar surface area (TPSA) is 102 Å². The summed E-state index contributed by atoms with van der Waals surface area (Å²) in [6.07, 6.45) is -3.70. The van der Waals surface area contributed by atoms with Gasteiger partial charge in [-0.1, -0.05) is 6.07 Å². The largest absolute Gasteiger partial charge is 0.586 e. The van der Waals surface area contributed by atoms with E-state index >= 15 is 0 Å². The number of hydrogen-bond acceptors (Lipinski definition) is 6. The Morgan fingerprint density at radius 2 is 2.08 bits per heavy atom. The lowest BCUT2D eigenvalue weighted by atomic mass is 10.1. The van der Waals surface area contributed by atoms with E-state index in [-0.39, 0.29) is 22.6 Å². The molecule has 0 saturated carbocycles. The molecule has 26 heavy (non-hydrogen) atoms. The minimum Gasteiger partial charge on any atom is -0.395 e. The van der Waals surface area contributed by atoms with Gasteiger partial charge in [0.1, 0.15) is 16.9 Å². The van der Waals surface area contributed by atoms with Crippen LogP contribution in [-0.4, -0.2) is 31.1 Å². The Hall–Kier alpha value is -3.01. The van der Waals surface area contributed by atoms with Gasteiger partial charge in [-0.3, -0.25) is 4.79 Å². The number of benzene rings is 1. The molecule has 1 aromatic carbocycles. The van der Waals surface area contributed by atoms with Crippen molar-refractivity contribution in [1.82, 2.24) is 19.7 Å². The van der Waals surface area contributed by atoms with E-state index in [4.69, 9.17) is 0 Å². The highest BCUT2D eigenvalue weighted by Crippen LogP contribution is 2.42. The quantitative estimate of drug-likeness (QED) is 0.735. The van der Waals surface area contributed by atoms with Gasteiger partial charge < -0.3 is 19.6 Å². The van der Waals surface area contributed by atoms with Gasteiger partial charge >= 0.3 is 6.29 Å². The standard InChI is InChI=1S/C16H14F2N4O4/c1-7(9-3-4-11-12(5-9)26-16(17,18)25-11)22-14-13(10(6-23)21-22)15(24)20-8(2)19-14/h3-5,7,23H,6H2,1-2H3,(H,19,20,24)/t7-/m0/s1. The lowest BCUT2D eigenvalue weighted by molar-refractivity contribution is -0.286. The molecule has 2 aromatic heterocycles. The van der Waals surface area contributed by atoms with Crippen LogP contribution in [0.3, 0.4) is 0 Å². The van der Waals surface area contributed by atoms with Crippen LogP contribution in [0.5, 0.6) is 11.5 Å². The van der Waals surface area contributed by atoms with Crippen LogP contribution < -0.4 is 15.0 Å². The highest BCUT2D eigenvalue weighted by molar-refractivity contribution is 5.77. The Bertz CT molecular complexity index is 1080. The number of aliphatic hydroxyl groups is 1. The van der Waals surface area contributed by atoms with Crippen molar-refractivity contribution in [2.24, 2.45) is 0 Å².